The van der Waals surface area contributed by atoms with Gasteiger partial charge in [0.15, 0.2) is 0 Å². The lowest BCUT2D eigenvalue weighted by atomic mass is 9.83. The third-order valence-electron chi connectivity index (χ3n) is 3.99. The molecule has 21 heavy (non-hydrogen) atoms. The van der Waals surface area contributed by atoms with Crippen LogP contribution in [0.4, 0.5) is 0 Å². The molecule has 1 aliphatic rings. The number of thioether (sulfide) groups is 1. The van der Waals surface area contributed by atoms with Crippen LogP contribution in [0.2, 0.25) is 0 Å². The highest BCUT2D eigenvalue weighted by molar-refractivity contribution is 8.00. The Labute approximate surface area is 129 Å². The smallest absolute Gasteiger partial charge is 0.311 e. The molecule has 1 atom stereocenters. The van der Waals surface area contributed by atoms with Crippen molar-refractivity contribution in [3.8, 4) is 0 Å². The van der Waals surface area contributed by atoms with Gasteiger partial charge >= 0.3 is 5.97 Å². The van der Waals surface area contributed by atoms with Crippen LogP contribution in [0.25, 0.3) is 0 Å². The first kappa shape index (κ1) is 15.9. The number of carboxylic acids is 1. The molecule has 1 aliphatic heterocycles. The van der Waals surface area contributed by atoms with Gasteiger partial charge < -0.3 is 10.0 Å². The fourth-order valence-corrected chi connectivity index (χ4v) is 3.62. The maximum atomic E-state index is 12.2. The average Bonchev–Trinajstić information content (AvgIpc) is 2.92. The molecule has 114 valence electrons. The van der Waals surface area contributed by atoms with E-state index in [-0.39, 0.29) is 5.91 Å². The van der Waals surface area contributed by atoms with E-state index in [9.17, 15) is 14.7 Å². The fraction of sp³-hybridized carbons (Fsp3) is 0.500. The van der Waals surface area contributed by atoms with Crippen LogP contribution in [-0.2, 0) is 9.59 Å². The van der Waals surface area contributed by atoms with E-state index in [1.54, 1.807) is 4.90 Å². The molecule has 4 nitrogen and oxygen atoms in total. The van der Waals surface area contributed by atoms with Crippen molar-refractivity contribution in [2.45, 2.75) is 31.1 Å². The van der Waals surface area contributed by atoms with E-state index in [1.165, 1.54) is 11.8 Å². The number of aliphatic carboxylic acids is 1. The van der Waals surface area contributed by atoms with Gasteiger partial charge in [-0.3, -0.25) is 9.59 Å². The number of nitrogens with zero attached hydrogens (tertiary/aromatic N) is 1. The molecule has 0 saturated carbocycles. The largest absolute Gasteiger partial charge is 0.481 e. The predicted octanol–water partition coefficient (Wildman–Crippen LogP) is 2.88. The summed E-state index contributed by atoms with van der Waals surface area (Å²) in [7, 11) is 0. The Balaban J connectivity index is 1.91. The summed E-state index contributed by atoms with van der Waals surface area (Å²) in [6, 6.07) is 9.78. The molecule has 1 aromatic rings. The summed E-state index contributed by atoms with van der Waals surface area (Å²) >= 11 is 1.50. The molecule has 1 fully saturated rings. The number of rotatable bonds is 6. The van der Waals surface area contributed by atoms with Crippen molar-refractivity contribution in [3.05, 3.63) is 30.3 Å². The maximum Gasteiger partial charge on any atom is 0.311 e. The minimum Gasteiger partial charge on any atom is -0.481 e. The quantitative estimate of drug-likeness (QED) is 0.821. The zero-order valence-electron chi connectivity index (χ0n) is 12.2. The van der Waals surface area contributed by atoms with Crippen LogP contribution >= 0.6 is 11.8 Å². The van der Waals surface area contributed by atoms with Gasteiger partial charge in [-0.05, 0) is 25.0 Å². The second kappa shape index (κ2) is 6.98. The Hall–Kier alpha value is -1.49. The van der Waals surface area contributed by atoms with Crippen LogP contribution in [0.15, 0.2) is 35.2 Å². The molecule has 0 radical (unpaired) electrons. The third kappa shape index (κ3) is 3.79. The van der Waals surface area contributed by atoms with Crippen LogP contribution in [0.1, 0.15) is 26.2 Å². The molecule has 0 aliphatic carbocycles. The molecular formula is C16H21NO3S. The molecule has 1 N–H and O–H groups in total. The van der Waals surface area contributed by atoms with Crippen molar-refractivity contribution in [2.75, 3.05) is 18.8 Å². The van der Waals surface area contributed by atoms with Gasteiger partial charge in [-0.25, -0.2) is 0 Å². The van der Waals surface area contributed by atoms with Crippen LogP contribution in [-0.4, -0.2) is 40.7 Å². The van der Waals surface area contributed by atoms with Crippen molar-refractivity contribution in [3.63, 3.8) is 0 Å². The summed E-state index contributed by atoms with van der Waals surface area (Å²) in [5.74, 6) is -0.371. The van der Waals surface area contributed by atoms with Gasteiger partial charge in [0.1, 0.15) is 0 Å². The highest BCUT2D eigenvalue weighted by Crippen LogP contribution is 2.36. The number of carbonyl (C=O) groups is 2. The van der Waals surface area contributed by atoms with Crippen molar-refractivity contribution < 1.29 is 14.7 Å². The van der Waals surface area contributed by atoms with Crippen LogP contribution in [0.3, 0.4) is 0 Å². The van der Waals surface area contributed by atoms with E-state index in [0.717, 1.165) is 11.3 Å². The second-order valence-electron chi connectivity index (χ2n) is 5.50. The zero-order valence-corrected chi connectivity index (χ0v) is 13.1. The second-order valence-corrected chi connectivity index (χ2v) is 6.55. The van der Waals surface area contributed by atoms with Crippen LogP contribution < -0.4 is 0 Å². The highest BCUT2D eigenvalue weighted by atomic mass is 32.2. The van der Waals surface area contributed by atoms with E-state index in [2.05, 4.69) is 0 Å². The predicted molar refractivity (Wildman–Crippen MR) is 83.3 cm³/mol. The molecule has 0 spiro atoms. The molecule has 0 bridgehead atoms. The number of hydrogen-bond acceptors (Lipinski definition) is 3. The summed E-state index contributed by atoms with van der Waals surface area (Å²) in [4.78, 5) is 26.5. The normalized spacial score (nSPS) is 21.5. The Kier molecular flexibility index (Phi) is 5.28. The Bertz CT molecular complexity index is 506. The molecule has 1 aromatic carbocycles. The lowest BCUT2D eigenvalue weighted by molar-refractivity contribution is -0.148. The summed E-state index contributed by atoms with van der Waals surface area (Å²) in [6.45, 7) is 2.89. The first-order chi connectivity index (χ1) is 10.1. The third-order valence-corrected chi connectivity index (χ3v) is 4.99. The molecule has 1 amide bonds. The monoisotopic (exact) mass is 307 g/mol. The molecule has 5 heteroatoms. The molecule has 0 aromatic heterocycles. The van der Waals surface area contributed by atoms with Crippen molar-refractivity contribution in [1.82, 2.24) is 4.90 Å². The maximum absolute atomic E-state index is 12.2. The van der Waals surface area contributed by atoms with E-state index in [4.69, 9.17) is 0 Å². The summed E-state index contributed by atoms with van der Waals surface area (Å²) in [5, 5.41) is 9.46. The van der Waals surface area contributed by atoms with Gasteiger partial charge in [0, 0.05) is 18.0 Å². The minimum atomic E-state index is -0.768. The zero-order chi connectivity index (χ0) is 15.3. The van der Waals surface area contributed by atoms with Gasteiger partial charge in [-0.1, -0.05) is 31.5 Å². The molecule has 1 saturated heterocycles. The van der Waals surface area contributed by atoms with Crippen molar-refractivity contribution in [2.24, 2.45) is 5.41 Å². The topological polar surface area (TPSA) is 57.6 Å². The number of carboxylic acid groups (broad SMARTS) is 1. The lowest BCUT2D eigenvalue weighted by Gasteiger charge is -2.24. The number of carbonyl (C=O) groups excluding carboxylic acids is 1. The van der Waals surface area contributed by atoms with Gasteiger partial charge in [0.25, 0.3) is 0 Å². The Morgan fingerprint density at radius 2 is 2.05 bits per heavy atom. The van der Waals surface area contributed by atoms with E-state index >= 15 is 0 Å². The lowest BCUT2D eigenvalue weighted by Crippen LogP contribution is -2.37. The van der Waals surface area contributed by atoms with Crippen LogP contribution in [0, 0.1) is 5.41 Å². The molecule has 1 heterocycles. The van der Waals surface area contributed by atoms with Crippen LogP contribution in [0.5, 0.6) is 0 Å². The number of benzene rings is 1. The Morgan fingerprint density at radius 3 is 2.67 bits per heavy atom. The number of likely N-dealkylation sites (tertiary alicyclic amines) is 1. The van der Waals surface area contributed by atoms with E-state index < -0.39 is 11.4 Å². The molecular weight excluding hydrogens is 286 g/mol. The number of amides is 1. The summed E-state index contributed by atoms with van der Waals surface area (Å²) < 4.78 is 0. The first-order valence-electron chi connectivity index (χ1n) is 7.26. The first-order valence-corrected chi connectivity index (χ1v) is 8.25. The summed E-state index contributed by atoms with van der Waals surface area (Å²) in [6.07, 6.45) is 2.03. The van der Waals surface area contributed by atoms with Crippen molar-refractivity contribution in [1.29, 1.82) is 0 Å². The van der Waals surface area contributed by atoms with Gasteiger partial charge in [-0.2, -0.15) is 0 Å². The fourth-order valence-electron chi connectivity index (χ4n) is 2.80. The number of hydrogen-bond donors (Lipinski definition) is 1. The SMILES string of the molecule is CCCC1(C(=O)O)CCN(C(=O)CSc2ccccc2)C1. The van der Waals surface area contributed by atoms with E-state index in [0.29, 0.717) is 31.7 Å². The van der Waals surface area contributed by atoms with Gasteiger partial charge in [-0.15, -0.1) is 11.8 Å². The standard InChI is InChI=1S/C16H21NO3S/c1-2-8-16(15(19)20)9-10-17(12-16)14(18)11-21-13-6-4-3-5-7-13/h3-7H,2,8-12H2,1H3,(H,19,20). The van der Waals surface area contributed by atoms with Gasteiger partial charge in [0.05, 0.1) is 11.2 Å². The summed E-state index contributed by atoms with van der Waals surface area (Å²) in [5.41, 5.74) is -0.734. The highest BCUT2D eigenvalue weighted by Gasteiger charge is 2.45. The van der Waals surface area contributed by atoms with E-state index in [1.807, 2.05) is 37.3 Å². The van der Waals surface area contributed by atoms with Gasteiger partial charge in [0.2, 0.25) is 5.91 Å². The Morgan fingerprint density at radius 1 is 1.33 bits per heavy atom. The van der Waals surface area contributed by atoms with Crippen molar-refractivity contribution >= 4 is 23.6 Å². The molecule has 2 rings (SSSR count). The molecule has 1 unspecified atom stereocenters. The minimum absolute atomic E-state index is 0.0306. The average molecular weight is 307 g/mol.